The molecule has 0 unspecified atom stereocenters. The number of morpholine rings is 1. The molecule has 164 valence electrons. The summed E-state index contributed by atoms with van der Waals surface area (Å²) in [5.41, 5.74) is 0.469. The normalized spacial score (nSPS) is 25.4. The van der Waals surface area contributed by atoms with Gasteiger partial charge in [-0.2, -0.15) is 0 Å². The number of sulfonamides is 1. The number of unbranched alkanes of at least 4 members (excludes halogenated alkanes) is 2. The Morgan fingerprint density at radius 3 is 2.59 bits per heavy atom. The zero-order valence-electron chi connectivity index (χ0n) is 17.5. The number of hydrogen-bond donors (Lipinski definition) is 0. The summed E-state index contributed by atoms with van der Waals surface area (Å²) in [5.74, 6) is -0.848. The standard InChI is InChI=1S/C20H33N3O5S/c1-3-7-16-19-17(23(20(16)25)29(2,26)27)9-11-22(19)18(24)8-5-4-6-10-21-12-14-28-15-13-21/h9,16,19H,3-8,10-15H2,1-2H3/t16-,19-/m1/s1. The summed E-state index contributed by atoms with van der Waals surface area (Å²) < 4.78 is 30.5. The quantitative estimate of drug-likeness (QED) is 0.514. The molecule has 29 heavy (non-hydrogen) atoms. The first-order valence-electron chi connectivity index (χ1n) is 10.7. The second kappa shape index (κ2) is 9.57. The summed E-state index contributed by atoms with van der Waals surface area (Å²) in [4.78, 5) is 29.7. The van der Waals surface area contributed by atoms with Crippen molar-refractivity contribution in [1.29, 1.82) is 0 Å². The van der Waals surface area contributed by atoms with E-state index in [0.29, 0.717) is 25.1 Å². The number of carbonyl (C=O) groups is 2. The Morgan fingerprint density at radius 2 is 1.93 bits per heavy atom. The fourth-order valence-electron chi connectivity index (χ4n) is 4.59. The lowest BCUT2D eigenvalue weighted by atomic mass is 9.96. The third-order valence-corrected chi connectivity index (χ3v) is 7.04. The second-order valence-electron chi connectivity index (χ2n) is 8.15. The highest BCUT2D eigenvalue weighted by Crippen LogP contribution is 2.40. The molecule has 3 aliphatic rings. The zero-order valence-corrected chi connectivity index (χ0v) is 18.3. The fourth-order valence-corrected chi connectivity index (χ4v) is 5.61. The molecule has 8 nitrogen and oxygen atoms in total. The van der Waals surface area contributed by atoms with Gasteiger partial charge in [0.25, 0.3) is 0 Å². The van der Waals surface area contributed by atoms with Gasteiger partial charge in [0.1, 0.15) is 0 Å². The lowest BCUT2D eigenvalue weighted by Crippen LogP contribution is -2.41. The molecule has 2 fully saturated rings. The van der Waals surface area contributed by atoms with E-state index in [1.165, 1.54) is 0 Å². The third kappa shape index (κ3) is 5.00. The maximum atomic E-state index is 12.9. The van der Waals surface area contributed by atoms with Gasteiger partial charge in [0.2, 0.25) is 21.8 Å². The largest absolute Gasteiger partial charge is 0.379 e. The highest BCUT2D eigenvalue weighted by atomic mass is 32.2. The topological polar surface area (TPSA) is 87.2 Å². The number of fused-ring (bicyclic) bond motifs is 1. The molecule has 3 rings (SSSR count). The SMILES string of the molecule is CCC[C@H]1C(=O)N(S(C)(=O)=O)C2=CCN(C(=O)CCCCCN3CCOCC3)[C@@H]21. The van der Waals surface area contributed by atoms with Gasteiger partial charge >= 0.3 is 0 Å². The maximum Gasteiger partial charge on any atom is 0.246 e. The molecule has 2 amide bonds. The summed E-state index contributed by atoms with van der Waals surface area (Å²) in [6.07, 6.45) is 7.41. The third-order valence-electron chi connectivity index (χ3n) is 5.99. The average molecular weight is 428 g/mol. The predicted octanol–water partition coefficient (Wildman–Crippen LogP) is 1.19. The molecule has 0 saturated carbocycles. The summed E-state index contributed by atoms with van der Waals surface area (Å²) in [5, 5.41) is 0. The predicted molar refractivity (Wildman–Crippen MR) is 109 cm³/mol. The lowest BCUT2D eigenvalue weighted by molar-refractivity contribution is -0.133. The number of nitrogens with zero attached hydrogens (tertiary/aromatic N) is 3. The maximum absolute atomic E-state index is 12.9. The monoisotopic (exact) mass is 427 g/mol. The van der Waals surface area contributed by atoms with Crippen LogP contribution in [0.3, 0.4) is 0 Å². The van der Waals surface area contributed by atoms with Crippen molar-refractivity contribution >= 4 is 21.8 Å². The van der Waals surface area contributed by atoms with Crippen LogP contribution in [0.25, 0.3) is 0 Å². The molecule has 0 aromatic heterocycles. The lowest BCUT2D eigenvalue weighted by Gasteiger charge is -2.27. The van der Waals surface area contributed by atoms with Gasteiger partial charge < -0.3 is 9.64 Å². The van der Waals surface area contributed by atoms with E-state index in [1.807, 2.05) is 6.92 Å². The first-order valence-corrected chi connectivity index (χ1v) is 12.5. The molecule has 3 aliphatic heterocycles. The van der Waals surface area contributed by atoms with Gasteiger partial charge in [0.15, 0.2) is 0 Å². The van der Waals surface area contributed by atoms with E-state index >= 15 is 0 Å². The Balaban J connectivity index is 1.53. The van der Waals surface area contributed by atoms with Crippen LogP contribution in [-0.2, 0) is 24.3 Å². The number of rotatable bonds is 9. The zero-order chi connectivity index (χ0) is 21.0. The van der Waals surface area contributed by atoms with Crippen LogP contribution in [-0.4, -0.2) is 86.0 Å². The number of carbonyl (C=O) groups excluding carboxylic acids is 2. The van der Waals surface area contributed by atoms with Crippen LogP contribution < -0.4 is 0 Å². The van der Waals surface area contributed by atoms with Crippen LogP contribution in [0.15, 0.2) is 11.8 Å². The first-order chi connectivity index (χ1) is 13.8. The summed E-state index contributed by atoms with van der Waals surface area (Å²) >= 11 is 0. The van der Waals surface area contributed by atoms with Crippen molar-refractivity contribution in [1.82, 2.24) is 14.1 Å². The Labute approximate surface area is 173 Å². The van der Waals surface area contributed by atoms with Gasteiger partial charge in [0.05, 0.1) is 37.1 Å². The molecule has 0 N–H and O–H groups in total. The number of ether oxygens (including phenoxy) is 1. The van der Waals surface area contributed by atoms with Crippen molar-refractivity contribution in [3.8, 4) is 0 Å². The Morgan fingerprint density at radius 1 is 1.21 bits per heavy atom. The van der Waals surface area contributed by atoms with Crippen LogP contribution >= 0.6 is 0 Å². The van der Waals surface area contributed by atoms with E-state index in [2.05, 4.69) is 4.90 Å². The molecule has 0 bridgehead atoms. The van der Waals surface area contributed by atoms with Crippen LogP contribution in [0, 0.1) is 5.92 Å². The van der Waals surface area contributed by atoms with Gasteiger partial charge in [-0.3, -0.25) is 14.5 Å². The van der Waals surface area contributed by atoms with Crippen LogP contribution in [0.2, 0.25) is 0 Å². The van der Waals surface area contributed by atoms with E-state index in [9.17, 15) is 18.0 Å². The van der Waals surface area contributed by atoms with E-state index in [4.69, 9.17) is 4.74 Å². The van der Waals surface area contributed by atoms with Crippen LogP contribution in [0.1, 0.15) is 45.4 Å². The Hall–Kier alpha value is -1.45. The van der Waals surface area contributed by atoms with Gasteiger partial charge in [-0.25, -0.2) is 12.7 Å². The minimum absolute atomic E-state index is 0.0110. The molecule has 2 atom stereocenters. The van der Waals surface area contributed by atoms with E-state index in [1.54, 1.807) is 11.0 Å². The van der Waals surface area contributed by atoms with E-state index in [-0.39, 0.29) is 5.91 Å². The van der Waals surface area contributed by atoms with Crippen molar-refractivity contribution in [2.24, 2.45) is 5.92 Å². The smallest absolute Gasteiger partial charge is 0.246 e. The van der Waals surface area contributed by atoms with Gasteiger partial charge in [-0.05, 0) is 31.9 Å². The summed E-state index contributed by atoms with van der Waals surface area (Å²) in [6.45, 7) is 6.94. The Kier molecular flexibility index (Phi) is 7.34. The molecular weight excluding hydrogens is 394 g/mol. The molecule has 0 aromatic carbocycles. The summed E-state index contributed by atoms with van der Waals surface area (Å²) in [7, 11) is -3.68. The highest BCUT2D eigenvalue weighted by molar-refractivity contribution is 7.89. The average Bonchev–Trinajstić information content (AvgIpc) is 3.20. The van der Waals surface area contributed by atoms with Crippen molar-refractivity contribution in [3.05, 3.63) is 11.8 Å². The van der Waals surface area contributed by atoms with Crippen molar-refractivity contribution in [2.45, 2.75) is 51.5 Å². The van der Waals surface area contributed by atoms with Crippen molar-refractivity contribution in [2.75, 3.05) is 45.6 Å². The van der Waals surface area contributed by atoms with Gasteiger partial charge in [-0.1, -0.05) is 19.8 Å². The van der Waals surface area contributed by atoms with E-state index < -0.39 is 27.9 Å². The molecular formula is C20H33N3O5S. The Bertz CT molecular complexity index is 745. The van der Waals surface area contributed by atoms with Gasteiger partial charge in [0, 0.05) is 26.1 Å². The van der Waals surface area contributed by atoms with Crippen LogP contribution in [0.5, 0.6) is 0 Å². The molecule has 0 spiro atoms. The molecule has 3 heterocycles. The highest BCUT2D eigenvalue weighted by Gasteiger charge is 2.53. The van der Waals surface area contributed by atoms with Crippen molar-refractivity contribution < 1.29 is 22.7 Å². The molecule has 0 aliphatic carbocycles. The second-order valence-corrected chi connectivity index (χ2v) is 9.98. The first kappa shape index (κ1) is 22.2. The minimum Gasteiger partial charge on any atom is -0.379 e. The molecule has 9 heteroatoms. The fraction of sp³-hybridized carbons (Fsp3) is 0.800. The number of hydrogen-bond acceptors (Lipinski definition) is 6. The summed E-state index contributed by atoms with van der Waals surface area (Å²) in [6, 6.07) is -0.432. The molecule has 0 aromatic rings. The molecule has 2 saturated heterocycles. The van der Waals surface area contributed by atoms with E-state index in [0.717, 1.165) is 69.1 Å². The van der Waals surface area contributed by atoms with Crippen LogP contribution in [0.4, 0.5) is 0 Å². The number of amides is 2. The molecule has 0 radical (unpaired) electrons. The minimum atomic E-state index is -3.68. The van der Waals surface area contributed by atoms with Crippen molar-refractivity contribution in [3.63, 3.8) is 0 Å². The van der Waals surface area contributed by atoms with Gasteiger partial charge in [-0.15, -0.1) is 0 Å².